The first-order valence-electron chi connectivity index (χ1n) is 15.4. The smallest absolute Gasteiger partial charge is 0.317 e. The van der Waals surface area contributed by atoms with Crippen molar-refractivity contribution in [3.63, 3.8) is 0 Å². The Labute approximate surface area is 221 Å². The Morgan fingerprint density at radius 1 is 1.08 bits per heavy atom. The van der Waals surface area contributed by atoms with E-state index in [2.05, 4.69) is 46.0 Å². The first kappa shape index (κ1) is 28.1. The van der Waals surface area contributed by atoms with Gasteiger partial charge in [0, 0.05) is 6.61 Å². The number of allylic oxidation sites excluding steroid dienone is 1. The van der Waals surface area contributed by atoms with Gasteiger partial charge in [-0.05, 0) is 111 Å². The zero-order valence-electron chi connectivity index (χ0n) is 24.0. The highest BCUT2D eigenvalue weighted by Gasteiger charge is 2.59. The molecule has 4 aliphatic carbocycles. The molecule has 4 rings (SSSR count). The minimum absolute atomic E-state index is 0.0368. The van der Waals surface area contributed by atoms with Gasteiger partial charge in [0.05, 0.1) is 12.6 Å². The summed E-state index contributed by atoms with van der Waals surface area (Å²) < 4.78 is 6.26. The maximum atomic E-state index is 10.6. The molecule has 0 heterocycles. The van der Waals surface area contributed by atoms with Crippen molar-refractivity contribution >= 4 is 5.97 Å². The summed E-state index contributed by atoms with van der Waals surface area (Å²) in [6.45, 7) is 14.1. The Kier molecular flexibility index (Phi) is 9.30. The third-order valence-corrected chi connectivity index (χ3v) is 11.4. The molecule has 0 aliphatic heterocycles. The van der Waals surface area contributed by atoms with E-state index in [1.54, 1.807) is 5.57 Å². The standard InChI is InChI=1S/C32H55NO3/c1-22(2)8-6-9-23(3)27-12-13-28-26-11-10-24-20-25(36-19-7-18-33-21-30(34)35)14-16-31(24,4)29(26)15-17-32(27,28)5/h10,22-23,25-29,33H,6-9,11-21H2,1-5H3,(H,34,35). The van der Waals surface area contributed by atoms with Gasteiger partial charge < -0.3 is 15.2 Å². The molecule has 8 atom stereocenters. The number of carboxylic acid groups (broad SMARTS) is 1. The number of hydrogen-bond donors (Lipinski definition) is 2. The maximum absolute atomic E-state index is 10.6. The normalized spacial score (nSPS) is 38.7. The lowest BCUT2D eigenvalue weighted by Gasteiger charge is -2.58. The Balaban J connectivity index is 1.33. The Morgan fingerprint density at radius 2 is 1.89 bits per heavy atom. The average molecular weight is 502 g/mol. The van der Waals surface area contributed by atoms with Gasteiger partial charge in [-0.25, -0.2) is 0 Å². The van der Waals surface area contributed by atoms with Gasteiger partial charge in [0.15, 0.2) is 0 Å². The Hall–Kier alpha value is -0.870. The van der Waals surface area contributed by atoms with Gasteiger partial charge in [-0.2, -0.15) is 0 Å². The van der Waals surface area contributed by atoms with Crippen LogP contribution >= 0.6 is 0 Å². The summed E-state index contributed by atoms with van der Waals surface area (Å²) in [6, 6.07) is 0. The second-order valence-electron chi connectivity index (χ2n) is 13.9. The van der Waals surface area contributed by atoms with Crippen molar-refractivity contribution in [2.45, 2.75) is 118 Å². The molecule has 0 amide bonds. The van der Waals surface area contributed by atoms with Crippen molar-refractivity contribution in [2.24, 2.45) is 46.3 Å². The number of carbonyl (C=O) groups is 1. The minimum atomic E-state index is -0.794. The van der Waals surface area contributed by atoms with E-state index in [0.29, 0.717) is 23.5 Å². The van der Waals surface area contributed by atoms with E-state index >= 15 is 0 Å². The van der Waals surface area contributed by atoms with Crippen LogP contribution in [-0.4, -0.2) is 36.9 Å². The van der Waals surface area contributed by atoms with Crippen LogP contribution in [0.25, 0.3) is 0 Å². The average Bonchev–Trinajstić information content (AvgIpc) is 3.18. The van der Waals surface area contributed by atoms with Crippen molar-refractivity contribution in [3.8, 4) is 0 Å². The van der Waals surface area contributed by atoms with Gasteiger partial charge in [-0.1, -0.05) is 65.5 Å². The van der Waals surface area contributed by atoms with Gasteiger partial charge in [-0.3, -0.25) is 4.79 Å². The lowest BCUT2D eigenvalue weighted by atomic mass is 9.47. The summed E-state index contributed by atoms with van der Waals surface area (Å²) >= 11 is 0. The molecular formula is C32H55NO3. The number of hydrogen-bond acceptors (Lipinski definition) is 3. The predicted molar refractivity (Wildman–Crippen MR) is 148 cm³/mol. The van der Waals surface area contributed by atoms with E-state index in [0.717, 1.165) is 55.0 Å². The molecule has 0 aromatic carbocycles. The maximum Gasteiger partial charge on any atom is 0.317 e. The molecule has 3 fully saturated rings. The van der Waals surface area contributed by atoms with Crippen molar-refractivity contribution in [1.82, 2.24) is 5.32 Å². The lowest BCUT2D eigenvalue weighted by Crippen LogP contribution is -2.51. The molecule has 8 unspecified atom stereocenters. The Bertz CT molecular complexity index is 777. The quantitative estimate of drug-likeness (QED) is 0.215. The van der Waals surface area contributed by atoms with Crippen molar-refractivity contribution < 1.29 is 14.6 Å². The van der Waals surface area contributed by atoms with Crippen molar-refractivity contribution in [1.29, 1.82) is 0 Å². The van der Waals surface area contributed by atoms with E-state index in [9.17, 15) is 4.79 Å². The van der Waals surface area contributed by atoms with Crippen molar-refractivity contribution in [2.75, 3.05) is 19.7 Å². The highest BCUT2D eigenvalue weighted by atomic mass is 16.5. The number of fused-ring (bicyclic) bond motifs is 5. The third-order valence-electron chi connectivity index (χ3n) is 11.4. The summed E-state index contributed by atoms with van der Waals surface area (Å²) in [5.74, 6) is 4.54. The monoisotopic (exact) mass is 501 g/mol. The van der Waals surface area contributed by atoms with E-state index < -0.39 is 5.97 Å². The fourth-order valence-corrected chi connectivity index (χ4v) is 9.44. The third kappa shape index (κ3) is 5.90. The molecule has 3 saturated carbocycles. The van der Waals surface area contributed by atoms with Crippen LogP contribution in [0.5, 0.6) is 0 Å². The highest BCUT2D eigenvalue weighted by Crippen LogP contribution is 2.67. The number of rotatable bonds is 12. The van der Waals surface area contributed by atoms with Gasteiger partial charge in [0.1, 0.15) is 0 Å². The summed E-state index contributed by atoms with van der Waals surface area (Å²) in [5.41, 5.74) is 2.65. The molecular weight excluding hydrogens is 446 g/mol. The molecule has 0 saturated heterocycles. The topological polar surface area (TPSA) is 58.6 Å². The summed E-state index contributed by atoms with van der Waals surface area (Å²) in [7, 11) is 0. The molecule has 4 heteroatoms. The SMILES string of the molecule is CC(C)CCCC(C)C1CCC2C3CC=C4CC(OCCCNCC(=O)O)CCC4(C)C3CCC12C. The highest BCUT2D eigenvalue weighted by molar-refractivity contribution is 5.68. The molecule has 0 bridgehead atoms. The Morgan fingerprint density at radius 3 is 2.64 bits per heavy atom. The fraction of sp³-hybridized carbons (Fsp3) is 0.906. The van der Waals surface area contributed by atoms with Gasteiger partial charge >= 0.3 is 5.97 Å². The zero-order chi connectivity index (χ0) is 25.9. The number of nitrogens with one attached hydrogen (secondary N) is 1. The summed E-state index contributed by atoms with van der Waals surface area (Å²) in [5, 5.41) is 11.7. The van der Waals surface area contributed by atoms with Gasteiger partial charge in [0.25, 0.3) is 0 Å². The van der Waals surface area contributed by atoms with Crippen LogP contribution in [0, 0.1) is 46.3 Å². The van der Waals surface area contributed by atoms with Crippen LogP contribution in [0.3, 0.4) is 0 Å². The number of aliphatic carboxylic acids is 1. The van der Waals surface area contributed by atoms with Gasteiger partial charge in [-0.15, -0.1) is 0 Å². The zero-order valence-corrected chi connectivity index (χ0v) is 24.0. The molecule has 0 aromatic rings. The number of ether oxygens (including phenoxy) is 1. The summed E-state index contributed by atoms with van der Waals surface area (Å²) in [6.07, 6.45) is 18.8. The van der Waals surface area contributed by atoms with Crippen molar-refractivity contribution in [3.05, 3.63) is 11.6 Å². The minimum Gasteiger partial charge on any atom is -0.480 e. The molecule has 206 valence electrons. The molecule has 36 heavy (non-hydrogen) atoms. The van der Waals surface area contributed by atoms with Crippen LogP contribution in [0.4, 0.5) is 0 Å². The van der Waals surface area contributed by atoms with Crippen LogP contribution in [0.15, 0.2) is 11.6 Å². The van der Waals surface area contributed by atoms with Crippen LogP contribution in [0.2, 0.25) is 0 Å². The fourth-order valence-electron chi connectivity index (χ4n) is 9.44. The van der Waals surface area contributed by atoms with Gasteiger partial charge in [0.2, 0.25) is 0 Å². The van der Waals surface area contributed by atoms with E-state index in [1.807, 2.05) is 0 Å². The van der Waals surface area contributed by atoms with Crippen LogP contribution in [-0.2, 0) is 9.53 Å². The van der Waals surface area contributed by atoms with Crippen LogP contribution in [0.1, 0.15) is 112 Å². The number of carboxylic acids is 1. The van der Waals surface area contributed by atoms with E-state index in [1.165, 1.54) is 64.2 Å². The summed E-state index contributed by atoms with van der Waals surface area (Å²) in [4.78, 5) is 10.6. The van der Waals surface area contributed by atoms with E-state index in [4.69, 9.17) is 9.84 Å². The lowest BCUT2D eigenvalue weighted by molar-refractivity contribution is -0.135. The second-order valence-corrected chi connectivity index (χ2v) is 13.9. The predicted octanol–water partition coefficient (Wildman–Crippen LogP) is 7.48. The van der Waals surface area contributed by atoms with E-state index in [-0.39, 0.29) is 6.54 Å². The molecule has 0 aromatic heterocycles. The second kappa shape index (κ2) is 11.9. The molecule has 4 aliphatic rings. The molecule has 0 radical (unpaired) electrons. The first-order valence-corrected chi connectivity index (χ1v) is 15.4. The first-order chi connectivity index (χ1) is 17.1. The molecule has 4 nitrogen and oxygen atoms in total. The molecule has 2 N–H and O–H groups in total. The molecule has 0 spiro atoms. The van der Waals surface area contributed by atoms with Crippen LogP contribution < -0.4 is 5.32 Å². The largest absolute Gasteiger partial charge is 0.480 e.